The van der Waals surface area contributed by atoms with Crippen molar-refractivity contribution in [3.8, 4) is 5.75 Å². The number of aromatic amines is 1. The molecule has 1 heterocycles. The normalized spacial score (nSPS) is 11.5. The molecule has 4 nitrogen and oxygen atoms in total. The molecular formula is C19H19FN2O2. The number of carbonyl (C=O) groups excluding carboxylic acids is 1. The first-order chi connectivity index (χ1) is 11.4. The standard InChI is InChI=1S/C19H19FN2O2/c1-19(2,18(23)22-13-6-4-12(20)5-7-13)16-11-21-17-9-8-14(24-3)10-15(16)17/h4-11,21H,1-3H3,(H,22,23). The third-order valence-corrected chi connectivity index (χ3v) is 4.23. The number of nitrogens with one attached hydrogen (secondary N) is 2. The van der Waals surface area contributed by atoms with E-state index in [1.165, 1.54) is 12.1 Å². The highest BCUT2D eigenvalue weighted by molar-refractivity contribution is 6.02. The van der Waals surface area contributed by atoms with Gasteiger partial charge in [-0.3, -0.25) is 4.79 Å². The Morgan fingerprint density at radius 2 is 1.88 bits per heavy atom. The van der Waals surface area contributed by atoms with Gasteiger partial charge >= 0.3 is 0 Å². The van der Waals surface area contributed by atoms with E-state index in [0.29, 0.717) is 5.69 Å². The topological polar surface area (TPSA) is 54.1 Å². The van der Waals surface area contributed by atoms with Gasteiger partial charge in [0.15, 0.2) is 0 Å². The fraction of sp³-hybridized carbons (Fsp3) is 0.211. The van der Waals surface area contributed by atoms with Gasteiger partial charge in [0.25, 0.3) is 0 Å². The molecule has 0 unspecified atom stereocenters. The zero-order valence-corrected chi connectivity index (χ0v) is 13.8. The molecule has 0 saturated carbocycles. The molecule has 2 N–H and O–H groups in total. The maximum Gasteiger partial charge on any atom is 0.234 e. The second-order valence-corrected chi connectivity index (χ2v) is 6.20. The molecule has 124 valence electrons. The van der Waals surface area contributed by atoms with Crippen LogP contribution in [0.4, 0.5) is 10.1 Å². The number of halogens is 1. The number of aromatic nitrogens is 1. The van der Waals surface area contributed by atoms with Crippen LogP contribution in [-0.2, 0) is 10.2 Å². The lowest BCUT2D eigenvalue weighted by Crippen LogP contribution is -2.34. The molecule has 24 heavy (non-hydrogen) atoms. The van der Waals surface area contributed by atoms with Gasteiger partial charge in [0.1, 0.15) is 11.6 Å². The summed E-state index contributed by atoms with van der Waals surface area (Å²) in [6.07, 6.45) is 1.84. The quantitative estimate of drug-likeness (QED) is 0.754. The van der Waals surface area contributed by atoms with Crippen molar-refractivity contribution in [2.75, 3.05) is 12.4 Å². The Morgan fingerprint density at radius 3 is 2.54 bits per heavy atom. The molecule has 0 aliphatic carbocycles. The summed E-state index contributed by atoms with van der Waals surface area (Å²) in [5.41, 5.74) is 1.59. The number of hydrogen-bond acceptors (Lipinski definition) is 2. The van der Waals surface area contributed by atoms with E-state index in [2.05, 4.69) is 10.3 Å². The third-order valence-electron chi connectivity index (χ3n) is 4.23. The first kappa shape index (κ1) is 16.1. The molecule has 0 aliphatic heterocycles. The van der Waals surface area contributed by atoms with Crippen LogP contribution < -0.4 is 10.1 Å². The van der Waals surface area contributed by atoms with E-state index in [1.807, 2.05) is 38.2 Å². The Morgan fingerprint density at radius 1 is 1.17 bits per heavy atom. The maximum absolute atomic E-state index is 13.0. The van der Waals surface area contributed by atoms with Crippen molar-refractivity contribution in [1.82, 2.24) is 4.98 Å². The predicted octanol–water partition coefficient (Wildman–Crippen LogP) is 4.23. The van der Waals surface area contributed by atoms with Crippen LogP contribution in [0.1, 0.15) is 19.4 Å². The minimum Gasteiger partial charge on any atom is -0.497 e. The highest BCUT2D eigenvalue weighted by atomic mass is 19.1. The Balaban J connectivity index is 1.94. The molecule has 1 amide bonds. The number of methoxy groups -OCH3 is 1. The number of carbonyl (C=O) groups is 1. The Kier molecular flexibility index (Phi) is 4.01. The molecule has 0 spiro atoms. The molecule has 2 aromatic carbocycles. The van der Waals surface area contributed by atoms with E-state index in [1.54, 1.807) is 19.2 Å². The third kappa shape index (κ3) is 2.85. The zero-order valence-electron chi connectivity index (χ0n) is 13.8. The molecule has 3 rings (SSSR count). The molecule has 0 radical (unpaired) electrons. The van der Waals surface area contributed by atoms with Crippen molar-refractivity contribution >= 4 is 22.5 Å². The highest BCUT2D eigenvalue weighted by Crippen LogP contribution is 2.33. The second-order valence-electron chi connectivity index (χ2n) is 6.20. The van der Waals surface area contributed by atoms with Gasteiger partial charge in [-0.15, -0.1) is 0 Å². The van der Waals surface area contributed by atoms with Gasteiger partial charge in [0.05, 0.1) is 12.5 Å². The minimum absolute atomic E-state index is 0.169. The lowest BCUT2D eigenvalue weighted by Gasteiger charge is -2.23. The van der Waals surface area contributed by atoms with Crippen molar-refractivity contribution in [3.63, 3.8) is 0 Å². The summed E-state index contributed by atoms with van der Waals surface area (Å²) in [6.45, 7) is 3.71. The van der Waals surface area contributed by atoms with E-state index in [4.69, 9.17) is 4.74 Å². The summed E-state index contributed by atoms with van der Waals surface area (Å²) in [6, 6.07) is 11.4. The zero-order chi connectivity index (χ0) is 17.3. The van der Waals surface area contributed by atoms with Crippen molar-refractivity contribution < 1.29 is 13.9 Å². The van der Waals surface area contributed by atoms with Crippen molar-refractivity contribution in [3.05, 3.63) is 60.0 Å². The van der Waals surface area contributed by atoms with Crippen LogP contribution >= 0.6 is 0 Å². The van der Waals surface area contributed by atoms with E-state index < -0.39 is 5.41 Å². The van der Waals surface area contributed by atoms with E-state index in [9.17, 15) is 9.18 Å². The summed E-state index contributed by atoms with van der Waals surface area (Å²) in [4.78, 5) is 16.0. The summed E-state index contributed by atoms with van der Waals surface area (Å²) in [5, 5.41) is 3.78. The highest BCUT2D eigenvalue weighted by Gasteiger charge is 2.32. The SMILES string of the molecule is COc1ccc2[nH]cc(C(C)(C)C(=O)Nc3ccc(F)cc3)c2c1. The maximum atomic E-state index is 13.0. The monoisotopic (exact) mass is 326 g/mol. The number of fused-ring (bicyclic) bond motifs is 1. The number of anilines is 1. The average Bonchev–Trinajstić information content (AvgIpc) is 3.00. The van der Waals surface area contributed by atoms with Gasteiger partial charge in [-0.25, -0.2) is 4.39 Å². The number of H-pyrrole nitrogens is 1. The van der Waals surface area contributed by atoms with E-state index in [-0.39, 0.29) is 11.7 Å². The van der Waals surface area contributed by atoms with Crippen LogP contribution in [-0.4, -0.2) is 18.0 Å². The van der Waals surface area contributed by atoms with Gasteiger partial charge in [0.2, 0.25) is 5.91 Å². The number of ether oxygens (including phenoxy) is 1. The predicted molar refractivity (Wildman–Crippen MR) is 92.9 cm³/mol. The van der Waals surface area contributed by atoms with Crippen LogP contribution in [0, 0.1) is 5.82 Å². The molecule has 0 aliphatic rings. The Labute approximate surface area is 139 Å². The molecule has 0 atom stereocenters. The molecule has 0 saturated heterocycles. The van der Waals surface area contributed by atoms with Gasteiger partial charge in [0, 0.05) is 22.8 Å². The van der Waals surface area contributed by atoms with Crippen LogP contribution in [0.15, 0.2) is 48.7 Å². The number of amides is 1. The van der Waals surface area contributed by atoms with Crippen molar-refractivity contribution in [1.29, 1.82) is 0 Å². The van der Waals surface area contributed by atoms with Crippen LogP contribution in [0.25, 0.3) is 10.9 Å². The molecule has 5 heteroatoms. The largest absolute Gasteiger partial charge is 0.497 e. The number of benzene rings is 2. The number of rotatable bonds is 4. The van der Waals surface area contributed by atoms with Gasteiger partial charge in [-0.05, 0) is 61.9 Å². The van der Waals surface area contributed by atoms with E-state index >= 15 is 0 Å². The van der Waals surface area contributed by atoms with Gasteiger partial charge in [-0.1, -0.05) is 0 Å². The summed E-state index contributed by atoms with van der Waals surface area (Å²) < 4.78 is 18.3. The van der Waals surface area contributed by atoms with Crippen LogP contribution in [0.5, 0.6) is 5.75 Å². The lowest BCUT2D eigenvalue weighted by atomic mass is 9.83. The second kappa shape index (κ2) is 6.00. The van der Waals surface area contributed by atoms with E-state index in [0.717, 1.165) is 22.2 Å². The van der Waals surface area contributed by atoms with Gasteiger partial charge in [-0.2, -0.15) is 0 Å². The Hall–Kier alpha value is -2.82. The fourth-order valence-electron chi connectivity index (χ4n) is 2.69. The van der Waals surface area contributed by atoms with Crippen LogP contribution in [0.2, 0.25) is 0 Å². The molecule has 0 bridgehead atoms. The first-order valence-electron chi connectivity index (χ1n) is 7.64. The molecule has 3 aromatic rings. The van der Waals surface area contributed by atoms with Crippen molar-refractivity contribution in [2.24, 2.45) is 0 Å². The lowest BCUT2D eigenvalue weighted by molar-refractivity contribution is -0.120. The van der Waals surface area contributed by atoms with Gasteiger partial charge < -0.3 is 15.0 Å². The minimum atomic E-state index is -0.779. The molecular weight excluding hydrogens is 307 g/mol. The smallest absolute Gasteiger partial charge is 0.234 e. The average molecular weight is 326 g/mol. The van der Waals surface area contributed by atoms with Crippen molar-refractivity contribution in [2.45, 2.75) is 19.3 Å². The van der Waals surface area contributed by atoms with Crippen LogP contribution in [0.3, 0.4) is 0 Å². The molecule has 0 fully saturated rings. The summed E-state index contributed by atoms with van der Waals surface area (Å²) in [5.74, 6) is 0.229. The summed E-state index contributed by atoms with van der Waals surface area (Å²) >= 11 is 0. The first-order valence-corrected chi connectivity index (χ1v) is 7.64. The Bertz CT molecular complexity index is 882. The summed E-state index contributed by atoms with van der Waals surface area (Å²) in [7, 11) is 1.61. The fourth-order valence-corrected chi connectivity index (χ4v) is 2.69. The number of hydrogen-bond donors (Lipinski definition) is 2. The molecule has 1 aromatic heterocycles.